The van der Waals surface area contributed by atoms with E-state index in [0.29, 0.717) is 24.4 Å². The Morgan fingerprint density at radius 2 is 2.05 bits per heavy atom. The van der Waals surface area contributed by atoms with Crippen LogP contribution in [0.25, 0.3) is 0 Å². The van der Waals surface area contributed by atoms with E-state index >= 15 is 0 Å². The van der Waals surface area contributed by atoms with Crippen molar-refractivity contribution in [3.05, 3.63) is 35.4 Å². The Hall–Kier alpha value is -1.88. The highest BCUT2D eigenvalue weighted by atomic mass is 16.5. The van der Waals surface area contributed by atoms with Gasteiger partial charge in [0.25, 0.3) is 5.91 Å². The predicted molar refractivity (Wildman–Crippen MR) is 78.0 cm³/mol. The molecular formula is C16H20N2O3. The van der Waals surface area contributed by atoms with Crippen molar-refractivity contribution < 1.29 is 14.3 Å². The van der Waals surface area contributed by atoms with E-state index in [2.05, 4.69) is 10.6 Å². The van der Waals surface area contributed by atoms with Crippen LogP contribution in [0.2, 0.25) is 0 Å². The summed E-state index contributed by atoms with van der Waals surface area (Å²) in [6.07, 6.45) is 2.53. The third-order valence-corrected chi connectivity index (χ3v) is 4.21. The van der Waals surface area contributed by atoms with Crippen LogP contribution in [0, 0.1) is 5.92 Å². The van der Waals surface area contributed by atoms with Gasteiger partial charge in [-0.3, -0.25) is 9.59 Å². The fraction of sp³-hybridized carbons (Fsp3) is 0.500. The number of benzene rings is 1. The van der Waals surface area contributed by atoms with Crippen molar-refractivity contribution in [1.29, 1.82) is 0 Å². The summed E-state index contributed by atoms with van der Waals surface area (Å²) in [6, 6.07) is 6.97. The Morgan fingerprint density at radius 3 is 2.86 bits per heavy atom. The molecule has 0 unspecified atom stereocenters. The van der Waals surface area contributed by atoms with E-state index in [1.807, 2.05) is 18.2 Å². The van der Waals surface area contributed by atoms with Gasteiger partial charge < -0.3 is 15.4 Å². The Kier molecular flexibility index (Phi) is 4.20. The van der Waals surface area contributed by atoms with Gasteiger partial charge in [-0.05, 0) is 30.4 Å². The molecule has 1 fully saturated rings. The maximum absolute atomic E-state index is 12.2. The van der Waals surface area contributed by atoms with Gasteiger partial charge in [0.15, 0.2) is 0 Å². The number of amides is 2. The zero-order valence-corrected chi connectivity index (χ0v) is 11.9. The summed E-state index contributed by atoms with van der Waals surface area (Å²) in [6.45, 7) is 2.21. The van der Waals surface area contributed by atoms with E-state index in [9.17, 15) is 9.59 Å². The summed E-state index contributed by atoms with van der Waals surface area (Å²) in [7, 11) is 0. The van der Waals surface area contributed by atoms with Gasteiger partial charge in [0.05, 0.1) is 0 Å². The van der Waals surface area contributed by atoms with Crippen LogP contribution in [0.15, 0.2) is 24.3 Å². The maximum atomic E-state index is 12.2. The van der Waals surface area contributed by atoms with Crippen LogP contribution >= 0.6 is 0 Å². The second-order valence-corrected chi connectivity index (χ2v) is 5.69. The fourth-order valence-electron chi connectivity index (χ4n) is 2.90. The molecule has 0 saturated carbocycles. The van der Waals surface area contributed by atoms with Gasteiger partial charge in [-0.25, -0.2) is 0 Å². The Bertz CT molecular complexity index is 538. The minimum absolute atomic E-state index is 0.0932. The molecule has 1 saturated heterocycles. The third-order valence-electron chi connectivity index (χ3n) is 4.21. The molecule has 0 radical (unpaired) electrons. The van der Waals surface area contributed by atoms with Gasteiger partial charge in [-0.1, -0.05) is 18.2 Å². The Morgan fingerprint density at radius 1 is 1.29 bits per heavy atom. The number of carbonyl (C=O) groups excluding carboxylic acids is 2. The lowest BCUT2D eigenvalue weighted by Gasteiger charge is -2.27. The number of ether oxygens (including phenoxy) is 1. The number of rotatable bonds is 3. The van der Waals surface area contributed by atoms with E-state index in [1.54, 1.807) is 6.07 Å². The van der Waals surface area contributed by atoms with E-state index in [-0.39, 0.29) is 11.8 Å². The number of nitrogens with one attached hydrogen (secondary N) is 2. The van der Waals surface area contributed by atoms with Crippen LogP contribution in [0.5, 0.6) is 0 Å². The van der Waals surface area contributed by atoms with E-state index in [4.69, 9.17) is 4.74 Å². The van der Waals surface area contributed by atoms with Crippen molar-refractivity contribution in [3.63, 3.8) is 0 Å². The maximum Gasteiger partial charge on any atom is 0.252 e. The molecule has 1 aromatic rings. The molecule has 3 rings (SSSR count). The summed E-state index contributed by atoms with van der Waals surface area (Å²) >= 11 is 0. The van der Waals surface area contributed by atoms with Gasteiger partial charge in [-0.2, -0.15) is 0 Å². The fourth-order valence-corrected chi connectivity index (χ4v) is 2.90. The lowest BCUT2D eigenvalue weighted by molar-refractivity contribution is -0.123. The quantitative estimate of drug-likeness (QED) is 0.868. The van der Waals surface area contributed by atoms with E-state index < -0.39 is 6.04 Å². The van der Waals surface area contributed by atoms with Gasteiger partial charge >= 0.3 is 0 Å². The lowest BCUT2D eigenvalue weighted by atomic mass is 9.94. The van der Waals surface area contributed by atoms with Crippen LogP contribution in [0.1, 0.15) is 28.8 Å². The van der Waals surface area contributed by atoms with Gasteiger partial charge in [0.2, 0.25) is 5.91 Å². The van der Waals surface area contributed by atoms with E-state index in [0.717, 1.165) is 31.6 Å². The van der Waals surface area contributed by atoms with Crippen LogP contribution in [-0.4, -0.2) is 37.6 Å². The SMILES string of the molecule is O=C1N[C@H](C(=O)NCC2CCOCC2)Cc2ccccc21. The summed E-state index contributed by atoms with van der Waals surface area (Å²) in [4.78, 5) is 24.2. The number of hydrogen-bond acceptors (Lipinski definition) is 3. The van der Waals surface area contributed by atoms with E-state index in [1.165, 1.54) is 0 Å². The molecule has 2 N–H and O–H groups in total. The highest BCUT2D eigenvalue weighted by Gasteiger charge is 2.29. The van der Waals surface area contributed by atoms with Crippen LogP contribution < -0.4 is 10.6 Å². The van der Waals surface area contributed by atoms with Gasteiger partial charge in [0.1, 0.15) is 6.04 Å². The van der Waals surface area contributed by atoms with Crippen LogP contribution in [0.3, 0.4) is 0 Å². The number of carbonyl (C=O) groups is 2. The molecule has 5 nitrogen and oxygen atoms in total. The minimum atomic E-state index is -0.466. The van der Waals surface area contributed by atoms with Crippen molar-refractivity contribution in [2.24, 2.45) is 5.92 Å². The second-order valence-electron chi connectivity index (χ2n) is 5.69. The molecule has 0 spiro atoms. The molecule has 2 heterocycles. The summed E-state index contributed by atoms with van der Waals surface area (Å²) in [5.74, 6) is 0.224. The molecule has 5 heteroatoms. The zero-order valence-electron chi connectivity index (χ0n) is 11.9. The largest absolute Gasteiger partial charge is 0.381 e. The highest BCUT2D eigenvalue weighted by Crippen LogP contribution is 2.17. The molecule has 112 valence electrons. The second kappa shape index (κ2) is 6.26. The van der Waals surface area contributed by atoms with Gasteiger partial charge in [-0.15, -0.1) is 0 Å². The molecule has 2 amide bonds. The molecule has 0 aliphatic carbocycles. The first kappa shape index (κ1) is 14.1. The van der Waals surface area contributed by atoms with Crippen molar-refractivity contribution in [1.82, 2.24) is 10.6 Å². The summed E-state index contributed by atoms with van der Waals surface area (Å²) in [5, 5.41) is 5.75. The van der Waals surface area contributed by atoms with Crippen LogP contribution in [-0.2, 0) is 16.0 Å². The molecule has 2 aliphatic rings. The molecule has 0 aromatic heterocycles. The first-order chi connectivity index (χ1) is 10.2. The lowest BCUT2D eigenvalue weighted by Crippen LogP contribution is -2.51. The normalized spacial score (nSPS) is 22.3. The number of fused-ring (bicyclic) bond motifs is 1. The first-order valence-corrected chi connectivity index (χ1v) is 7.48. The predicted octanol–water partition coefficient (Wildman–Crippen LogP) is 0.884. The van der Waals surface area contributed by atoms with Crippen molar-refractivity contribution >= 4 is 11.8 Å². The molecule has 1 aromatic carbocycles. The Labute approximate surface area is 124 Å². The molecular weight excluding hydrogens is 268 g/mol. The van der Waals surface area contributed by atoms with Crippen molar-refractivity contribution in [2.75, 3.05) is 19.8 Å². The molecule has 2 aliphatic heterocycles. The molecule has 1 atom stereocenters. The highest BCUT2D eigenvalue weighted by molar-refractivity contribution is 6.00. The molecule has 0 bridgehead atoms. The average molecular weight is 288 g/mol. The average Bonchev–Trinajstić information content (AvgIpc) is 2.53. The third kappa shape index (κ3) is 3.24. The van der Waals surface area contributed by atoms with Crippen molar-refractivity contribution in [3.8, 4) is 0 Å². The smallest absolute Gasteiger partial charge is 0.252 e. The standard InChI is InChI=1S/C16H20N2O3/c19-15-13-4-2-1-3-12(13)9-14(18-15)16(20)17-10-11-5-7-21-8-6-11/h1-4,11,14H,5-10H2,(H,17,20)(H,18,19)/t14-/m0/s1. The summed E-state index contributed by atoms with van der Waals surface area (Å²) < 4.78 is 5.31. The summed E-state index contributed by atoms with van der Waals surface area (Å²) in [5.41, 5.74) is 1.61. The molecule has 21 heavy (non-hydrogen) atoms. The monoisotopic (exact) mass is 288 g/mol. The topological polar surface area (TPSA) is 67.4 Å². The Balaban J connectivity index is 1.57. The van der Waals surface area contributed by atoms with Gasteiger partial charge in [0, 0.05) is 31.7 Å². The van der Waals surface area contributed by atoms with Crippen LogP contribution in [0.4, 0.5) is 0 Å². The first-order valence-electron chi connectivity index (χ1n) is 7.48. The number of hydrogen-bond donors (Lipinski definition) is 2. The van der Waals surface area contributed by atoms with Crippen molar-refractivity contribution in [2.45, 2.75) is 25.3 Å². The minimum Gasteiger partial charge on any atom is -0.381 e. The zero-order chi connectivity index (χ0) is 14.7.